The lowest BCUT2D eigenvalue weighted by atomic mass is 10.4. The summed E-state index contributed by atoms with van der Waals surface area (Å²) in [6.07, 6.45) is 2.57. The molecule has 1 aromatic rings. The van der Waals surface area contributed by atoms with Crippen LogP contribution in [-0.2, 0) is 0 Å². The molecule has 10 heavy (non-hydrogen) atoms. The van der Waals surface area contributed by atoms with Crippen molar-refractivity contribution in [2.75, 3.05) is 0 Å². The summed E-state index contributed by atoms with van der Waals surface area (Å²) in [6, 6.07) is 1.42. The molecule has 1 rings (SSSR count). The number of hydrogen-bond donors (Lipinski definition) is 0. The third kappa shape index (κ3) is 1.19. The average Bonchev–Trinajstić information content (AvgIpc) is 1.88. The number of pyridine rings is 1. The molecule has 0 aliphatic carbocycles. The van der Waals surface area contributed by atoms with Gasteiger partial charge in [-0.25, -0.2) is 0 Å². The topological polar surface area (TPSA) is 56.0 Å². The number of nitro groups is 1. The van der Waals surface area contributed by atoms with E-state index in [1.54, 1.807) is 0 Å². The number of hydrogen-bond acceptors (Lipinski definition) is 3. The van der Waals surface area contributed by atoms with Gasteiger partial charge in [-0.15, -0.1) is 0 Å². The van der Waals surface area contributed by atoms with Crippen LogP contribution in [0.2, 0.25) is 0 Å². The zero-order chi connectivity index (χ0) is 7.56. The molecular weight excluding hydrogens is 152 g/mol. The van der Waals surface area contributed by atoms with Gasteiger partial charge in [-0.3, -0.25) is 15.1 Å². The van der Waals surface area contributed by atoms with E-state index in [0.717, 1.165) is 6.20 Å². The normalized spacial score (nSPS) is 9.20. The molecule has 0 N–H and O–H groups in total. The van der Waals surface area contributed by atoms with Gasteiger partial charge in [-0.1, -0.05) is 12.6 Å². The Labute approximate surface area is 62.5 Å². The van der Waals surface area contributed by atoms with E-state index in [-0.39, 0.29) is 10.6 Å². The molecule has 0 bridgehead atoms. The summed E-state index contributed by atoms with van der Waals surface area (Å²) < 4.78 is 0. The molecule has 0 aromatic carbocycles. The highest BCUT2D eigenvalue weighted by atomic mass is 32.1. The van der Waals surface area contributed by atoms with Crippen molar-refractivity contribution < 1.29 is 4.92 Å². The highest BCUT2D eigenvalue weighted by Crippen LogP contribution is 2.18. The molecule has 4 nitrogen and oxygen atoms in total. The van der Waals surface area contributed by atoms with Crippen molar-refractivity contribution in [2.24, 2.45) is 0 Å². The standard InChI is InChI=1S/C5H3N2O2S/c8-7(9)4-3-6-2-1-5(4)10/h1-3H. The summed E-state index contributed by atoms with van der Waals surface area (Å²) in [5.41, 5.74) is -0.113. The second-order valence-corrected chi connectivity index (χ2v) is 2.04. The predicted molar refractivity (Wildman–Crippen MR) is 36.7 cm³/mol. The van der Waals surface area contributed by atoms with Gasteiger partial charge in [0, 0.05) is 6.20 Å². The summed E-state index contributed by atoms with van der Waals surface area (Å²) in [5.74, 6) is 0. The molecule has 0 aliphatic heterocycles. The molecule has 0 amide bonds. The molecule has 0 fully saturated rings. The molecule has 0 unspecified atom stereocenters. The van der Waals surface area contributed by atoms with E-state index in [1.165, 1.54) is 12.3 Å². The number of rotatable bonds is 1. The lowest BCUT2D eigenvalue weighted by Gasteiger charge is -1.90. The first kappa shape index (κ1) is 6.88. The van der Waals surface area contributed by atoms with E-state index in [1.807, 2.05) is 0 Å². The van der Waals surface area contributed by atoms with Crippen LogP contribution in [0.4, 0.5) is 5.69 Å². The van der Waals surface area contributed by atoms with E-state index in [0.29, 0.717) is 0 Å². The van der Waals surface area contributed by atoms with Crippen LogP contribution in [-0.4, -0.2) is 9.91 Å². The summed E-state index contributed by atoms with van der Waals surface area (Å²) in [4.78, 5) is 13.4. The monoisotopic (exact) mass is 155 g/mol. The first-order chi connectivity index (χ1) is 4.72. The van der Waals surface area contributed by atoms with Gasteiger partial charge in [0.25, 0.3) is 0 Å². The lowest BCUT2D eigenvalue weighted by molar-refractivity contribution is -0.388. The Bertz CT molecular complexity index is 264. The summed E-state index contributed by atoms with van der Waals surface area (Å²) in [6.45, 7) is 0. The molecule has 1 radical (unpaired) electrons. The molecule has 0 spiro atoms. The van der Waals surface area contributed by atoms with Gasteiger partial charge in [0.1, 0.15) is 11.1 Å². The van der Waals surface area contributed by atoms with E-state index in [4.69, 9.17) is 0 Å². The molecule has 0 saturated carbocycles. The first-order valence-corrected chi connectivity index (χ1v) is 2.88. The Balaban J connectivity index is 3.15. The van der Waals surface area contributed by atoms with Crippen LogP contribution in [0.25, 0.3) is 0 Å². The van der Waals surface area contributed by atoms with Crippen molar-refractivity contribution in [3.63, 3.8) is 0 Å². The van der Waals surface area contributed by atoms with Crippen molar-refractivity contribution in [1.82, 2.24) is 4.98 Å². The van der Waals surface area contributed by atoms with Gasteiger partial charge in [0.05, 0.1) is 4.92 Å². The lowest BCUT2D eigenvalue weighted by Crippen LogP contribution is -1.89. The van der Waals surface area contributed by atoms with E-state index >= 15 is 0 Å². The van der Waals surface area contributed by atoms with E-state index in [9.17, 15) is 10.1 Å². The van der Waals surface area contributed by atoms with Crippen molar-refractivity contribution in [3.8, 4) is 0 Å². The van der Waals surface area contributed by atoms with Gasteiger partial charge in [0.2, 0.25) is 0 Å². The van der Waals surface area contributed by atoms with Gasteiger partial charge in [-0.05, 0) is 6.07 Å². The van der Waals surface area contributed by atoms with Crippen LogP contribution in [0.5, 0.6) is 0 Å². The van der Waals surface area contributed by atoms with Crippen molar-refractivity contribution in [1.29, 1.82) is 0 Å². The number of nitrogens with zero attached hydrogens (tertiary/aromatic N) is 2. The molecule has 51 valence electrons. The SMILES string of the molecule is O=[N+]([O-])c1cnccc1[S]. The van der Waals surface area contributed by atoms with Gasteiger partial charge in [-0.2, -0.15) is 0 Å². The largest absolute Gasteiger partial charge is 0.305 e. The minimum Gasteiger partial charge on any atom is -0.258 e. The summed E-state index contributed by atoms with van der Waals surface area (Å²) in [7, 11) is 0. The second kappa shape index (κ2) is 2.57. The van der Waals surface area contributed by atoms with Crippen LogP contribution in [0.15, 0.2) is 23.4 Å². The number of aromatic nitrogens is 1. The third-order valence-corrected chi connectivity index (χ3v) is 1.30. The molecule has 1 aromatic heterocycles. The maximum Gasteiger partial charge on any atom is 0.305 e. The van der Waals surface area contributed by atoms with Crippen LogP contribution in [0, 0.1) is 10.1 Å². The fraction of sp³-hybridized carbons (Fsp3) is 0. The summed E-state index contributed by atoms with van der Waals surface area (Å²) >= 11 is 4.65. The average molecular weight is 155 g/mol. The highest BCUT2D eigenvalue weighted by molar-refractivity contribution is 7.80. The van der Waals surface area contributed by atoms with Gasteiger partial charge in [0.15, 0.2) is 0 Å². The van der Waals surface area contributed by atoms with Gasteiger partial charge < -0.3 is 0 Å². The van der Waals surface area contributed by atoms with Crippen LogP contribution < -0.4 is 0 Å². The Morgan fingerprint density at radius 1 is 1.70 bits per heavy atom. The van der Waals surface area contributed by atoms with Crippen LogP contribution >= 0.6 is 12.6 Å². The van der Waals surface area contributed by atoms with Crippen LogP contribution in [0.1, 0.15) is 0 Å². The predicted octanol–water partition coefficient (Wildman–Crippen LogP) is 1.55. The minimum atomic E-state index is -0.546. The Morgan fingerprint density at radius 3 is 2.80 bits per heavy atom. The second-order valence-electron chi connectivity index (χ2n) is 1.60. The van der Waals surface area contributed by atoms with Crippen LogP contribution in [0.3, 0.4) is 0 Å². The third-order valence-electron chi connectivity index (χ3n) is 0.958. The Hall–Kier alpha value is -1.23. The highest BCUT2D eigenvalue weighted by Gasteiger charge is 2.09. The molecular formula is C5H3N2O2S. The van der Waals surface area contributed by atoms with E-state index in [2.05, 4.69) is 17.6 Å². The zero-order valence-corrected chi connectivity index (χ0v) is 5.67. The summed E-state index contributed by atoms with van der Waals surface area (Å²) in [5, 5.41) is 10.1. The quantitative estimate of drug-likeness (QED) is 0.456. The first-order valence-electron chi connectivity index (χ1n) is 2.47. The molecule has 0 saturated heterocycles. The van der Waals surface area contributed by atoms with Crippen molar-refractivity contribution >= 4 is 18.3 Å². The minimum absolute atomic E-state index is 0.113. The smallest absolute Gasteiger partial charge is 0.258 e. The zero-order valence-electron chi connectivity index (χ0n) is 4.85. The van der Waals surface area contributed by atoms with E-state index < -0.39 is 4.92 Å². The van der Waals surface area contributed by atoms with Crippen molar-refractivity contribution in [3.05, 3.63) is 28.6 Å². The fourth-order valence-corrected chi connectivity index (χ4v) is 0.699. The maximum absolute atomic E-state index is 10.1. The molecule has 0 aliphatic rings. The molecule has 0 atom stereocenters. The molecule has 5 heteroatoms. The Kier molecular flexibility index (Phi) is 1.77. The molecule has 1 heterocycles. The fourth-order valence-electron chi connectivity index (χ4n) is 0.510. The van der Waals surface area contributed by atoms with Gasteiger partial charge >= 0.3 is 5.69 Å². The Morgan fingerprint density at radius 2 is 2.40 bits per heavy atom. The maximum atomic E-state index is 10.1. The van der Waals surface area contributed by atoms with Crippen molar-refractivity contribution in [2.45, 2.75) is 4.90 Å².